The standard InChI is InChI=1S/C31H37FN6O3/c1-39-17-15-34-31-33-14-13-27(35-31)30-29(23-7-9-24(32)10-8-23)36-28-12-11-25(38(28)30)21-37(16-18-40-2)20-22-5-4-6-26(19-22)41-3/h4-10,13-14,19,25H,11-12,15-18,20-21H2,1-3H3,(H,33,34,35)/t25-/m0/s1. The van der Waals surface area contributed by atoms with Crippen molar-refractivity contribution in [2.75, 3.05) is 59.5 Å². The Balaban J connectivity index is 1.51. The van der Waals surface area contributed by atoms with Gasteiger partial charge in [0.2, 0.25) is 5.95 Å². The second-order valence-electron chi connectivity index (χ2n) is 10.1. The number of aryl methyl sites for hydroxylation is 1. The molecule has 0 bridgehead atoms. The Hall–Kier alpha value is -3.86. The van der Waals surface area contributed by atoms with Gasteiger partial charge in [-0.1, -0.05) is 12.1 Å². The molecule has 2 aromatic carbocycles. The van der Waals surface area contributed by atoms with Crippen molar-refractivity contribution in [2.24, 2.45) is 0 Å². The predicted octanol–water partition coefficient (Wildman–Crippen LogP) is 4.85. The molecule has 2 aromatic heterocycles. The van der Waals surface area contributed by atoms with E-state index in [2.05, 4.69) is 31.9 Å². The highest BCUT2D eigenvalue weighted by Gasteiger charge is 2.32. The summed E-state index contributed by atoms with van der Waals surface area (Å²) < 4.78 is 32.2. The predicted molar refractivity (Wildman–Crippen MR) is 157 cm³/mol. The van der Waals surface area contributed by atoms with Crippen LogP contribution in [-0.4, -0.2) is 78.6 Å². The van der Waals surface area contributed by atoms with Crippen molar-refractivity contribution in [2.45, 2.75) is 25.4 Å². The second-order valence-corrected chi connectivity index (χ2v) is 10.1. The molecule has 5 rings (SSSR count). The van der Waals surface area contributed by atoms with Gasteiger partial charge >= 0.3 is 0 Å². The van der Waals surface area contributed by atoms with Gasteiger partial charge in [0.1, 0.15) is 17.4 Å². The fourth-order valence-corrected chi connectivity index (χ4v) is 5.32. The summed E-state index contributed by atoms with van der Waals surface area (Å²) >= 11 is 0. The van der Waals surface area contributed by atoms with Gasteiger partial charge < -0.3 is 24.1 Å². The van der Waals surface area contributed by atoms with Crippen LogP contribution in [0.15, 0.2) is 60.8 Å². The first kappa shape index (κ1) is 28.7. The molecule has 3 heterocycles. The maximum Gasteiger partial charge on any atom is 0.223 e. The molecule has 0 aliphatic carbocycles. The van der Waals surface area contributed by atoms with Gasteiger partial charge in [0.25, 0.3) is 0 Å². The third-order valence-electron chi connectivity index (χ3n) is 7.28. The Kier molecular flexibility index (Phi) is 9.55. The fraction of sp³-hybridized carbons (Fsp3) is 0.387. The van der Waals surface area contributed by atoms with Crippen LogP contribution in [0, 0.1) is 5.82 Å². The topological polar surface area (TPSA) is 86.6 Å². The van der Waals surface area contributed by atoms with Crippen molar-refractivity contribution < 1.29 is 18.6 Å². The van der Waals surface area contributed by atoms with E-state index >= 15 is 0 Å². The number of anilines is 1. The Labute approximate surface area is 240 Å². The Bertz CT molecular complexity index is 1430. The molecule has 4 aromatic rings. The maximum absolute atomic E-state index is 13.8. The fourth-order valence-electron chi connectivity index (χ4n) is 5.32. The van der Waals surface area contributed by atoms with E-state index in [9.17, 15) is 4.39 Å². The number of rotatable bonds is 14. The number of hydrogen-bond donors (Lipinski definition) is 1. The molecule has 0 amide bonds. The van der Waals surface area contributed by atoms with Crippen LogP contribution in [0.3, 0.4) is 0 Å². The molecule has 1 aliphatic heterocycles. The lowest BCUT2D eigenvalue weighted by molar-refractivity contribution is 0.134. The van der Waals surface area contributed by atoms with Crippen LogP contribution in [0.1, 0.15) is 23.9 Å². The lowest BCUT2D eigenvalue weighted by atomic mass is 10.1. The molecule has 0 saturated heterocycles. The van der Waals surface area contributed by atoms with Crippen molar-refractivity contribution in [3.63, 3.8) is 0 Å². The van der Waals surface area contributed by atoms with E-state index in [-0.39, 0.29) is 11.9 Å². The van der Waals surface area contributed by atoms with Crippen LogP contribution < -0.4 is 10.1 Å². The van der Waals surface area contributed by atoms with Crippen molar-refractivity contribution >= 4 is 5.95 Å². The molecule has 1 N–H and O–H groups in total. The minimum atomic E-state index is -0.280. The van der Waals surface area contributed by atoms with E-state index in [4.69, 9.17) is 24.2 Å². The molecule has 0 unspecified atom stereocenters. The zero-order valence-corrected chi connectivity index (χ0v) is 23.8. The Morgan fingerprint density at radius 2 is 1.85 bits per heavy atom. The van der Waals surface area contributed by atoms with Crippen LogP contribution in [0.5, 0.6) is 5.75 Å². The van der Waals surface area contributed by atoms with E-state index in [0.29, 0.717) is 25.7 Å². The van der Waals surface area contributed by atoms with Gasteiger partial charge in [-0.25, -0.2) is 19.3 Å². The summed E-state index contributed by atoms with van der Waals surface area (Å²) in [7, 11) is 5.08. The average molecular weight is 561 g/mol. The SMILES string of the molecule is COCCNc1nccc(-c2c(-c3ccc(F)cc3)nc3n2[C@H](CN(CCOC)Cc2cccc(OC)c2)CC3)n1. The number of benzene rings is 2. The molecule has 0 spiro atoms. The summed E-state index contributed by atoms with van der Waals surface area (Å²) in [5.74, 6) is 2.09. The number of methoxy groups -OCH3 is 3. The van der Waals surface area contributed by atoms with E-state index in [1.165, 1.54) is 17.7 Å². The first-order chi connectivity index (χ1) is 20.1. The largest absolute Gasteiger partial charge is 0.497 e. The summed E-state index contributed by atoms with van der Waals surface area (Å²) in [4.78, 5) is 16.8. The van der Waals surface area contributed by atoms with Crippen LogP contribution in [-0.2, 0) is 22.4 Å². The van der Waals surface area contributed by atoms with Crippen LogP contribution in [0.4, 0.5) is 10.3 Å². The number of ether oxygens (including phenoxy) is 3. The number of nitrogens with one attached hydrogen (secondary N) is 1. The number of aromatic nitrogens is 4. The quantitative estimate of drug-likeness (QED) is 0.219. The first-order valence-corrected chi connectivity index (χ1v) is 13.9. The first-order valence-electron chi connectivity index (χ1n) is 13.9. The summed E-state index contributed by atoms with van der Waals surface area (Å²) in [6.45, 7) is 4.13. The van der Waals surface area contributed by atoms with E-state index < -0.39 is 0 Å². The molecular weight excluding hydrogens is 523 g/mol. The van der Waals surface area contributed by atoms with Crippen molar-refractivity contribution in [1.29, 1.82) is 0 Å². The number of hydrogen-bond acceptors (Lipinski definition) is 8. The van der Waals surface area contributed by atoms with Crippen molar-refractivity contribution in [3.8, 4) is 28.4 Å². The summed E-state index contributed by atoms with van der Waals surface area (Å²) in [5.41, 5.74) is 4.50. The summed E-state index contributed by atoms with van der Waals surface area (Å²) in [6, 6.07) is 16.8. The van der Waals surface area contributed by atoms with Gasteiger partial charge in [-0.05, 0) is 54.4 Å². The number of halogens is 1. The molecule has 41 heavy (non-hydrogen) atoms. The molecule has 216 valence electrons. The molecule has 0 saturated carbocycles. The Morgan fingerprint density at radius 1 is 1.02 bits per heavy atom. The van der Waals surface area contributed by atoms with E-state index in [0.717, 1.165) is 66.7 Å². The highest BCUT2D eigenvalue weighted by molar-refractivity contribution is 5.78. The minimum absolute atomic E-state index is 0.170. The van der Waals surface area contributed by atoms with Crippen molar-refractivity contribution in [3.05, 3.63) is 78.0 Å². The lowest BCUT2D eigenvalue weighted by Gasteiger charge is -2.27. The normalized spacial score (nSPS) is 14.4. The minimum Gasteiger partial charge on any atom is -0.497 e. The molecule has 9 nitrogen and oxygen atoms in total. The van der Waals surface area contributed by atoms with Gasteiger partial charge in [0.05, 0.1) is 37.4 Å². The maximum atomic E-state index is 13.8. The van der Waals surface area contributed by atoms with E-state index in [1.54, 1.807) is 39.7 Å². The van der Waals surface area contributed by atoms with Gasteiger partial charge in [0.15, 0.2) is 0 Å². The second kappa shape index (κ2) is 13.7. The zero-order chi connectivity index (χ0) is 28.6. The molecule has 0 fully saturated rings. The highest BCUT2D eigenvalue weighted by atomic mass is 19.1. The van der Waals surface area contributed by atoms with Gasteiger partial charge in [-0.3, -0.25) is 4.90 Å². The monoisotopic (exact) mass is 560 g/mol. The molecule has 1 atom stereocenters. The van der Waals surface area contributed by atoms with Crippen LogP contribution in [0.25, 0.3) is 22.6 Å². The smallest absolute Gasteiger partial charge is 0.223 e. The summed E-state index contributed by atoms with van der Waals surface area (Å²) in [5, 5.41) is 3.23. The number of imidazole rings is 1. The van der Waals surface area contributed by atoms with Crippen LogP contribution in [0.2, 0.25) is 0 Å². The third-order valence-corrected chi connectivity index (χ3v) is 7.28. The number of nitrogens with zero attached hydrogens (tertiary/aromatic N) is 5. The van der Waals surface area contributed by atoms with E-state index in [1.807, 2.05) is 18.2 Å². The lowest BCUT2D eigenvalue weighted by Crippen LogP contribution is -2.32. The zero-order valence-electron chi connectivity index (χ0n) is 23.8. The molecular formula is C31H37FN6O3. The summed E-state index contributed by atoms with van der Waals surface area (Å²) in [6.07, 6.45) is 3.56. The van der Waals surface area contributed by atoms with Crippen molar-refractivity contribution in [1.82, 2.24) is 24.4 Å². The highest BCUT2D eigenvalue weighted by Crippen LogP contribution is 2.39. The van der Waals surface area contributed by atoms with Gasteiger partial charge in [-0.2, -0.15) is 0 Å². The molecule has 1 aliphatic rings. The Morgan fingerprint density at radius 3 is 2.63 bits per heavy atom. The average Bonchev–Trinajstić information content (AvgIpc) is 3.56. The van der Waals surface area contributed by atoms with Crippen LogP contribution >= 0.6 is 0 Å². The molecule has 10 heteroatoms. The van der Waals surface area contributed by atoms with Gasteiger partial charge in [0, 0.05) is 64.6 Å². The number of fused-ring (bicyclic) bond motifs is 1. The molecule has 0 radical (unpaired) electrons. The van der Waals surface area contributed by atoms with Gasteiger partial charge in [-0.15, -0.1) is 0 Å². The third kappa shape index (κ3) is 6.90.